The maximum absolute atomic E-state index is 3.69. The Hall–Kier alpha value is -5.89. The van der Waals surface area contributed by atoms with Gasteiger partial charge in [0, 0.05) is 0 Å². The van der Waals surface area contributed by atoms with Crippen LogP contribution < -0.4 is 0 Å². The Morgan fingerprint density at radius 2 is 0.650 bits per heavy atom. The molecule has 288 valence electrons. The third-order valence-corrected chi connectivity index (χ3v) is 29.0. The maximum atomic E-state index is 2.78. The van der Waals surface area contributed by atoms with E-state index >= 15 is 0 Å². The van der Waals surface area contributed by atoms with Gasteiger partial charge in [0.2, 0.25) is 0 Å². The Labute approximate surface area is 360 Å². The summed E-state index contributed by atoms with van der Waals surface area (Å²) >= 11 is -3.69. The van der Waals surface area contributed by atoms with Crippen molar-refractivity contribution in [2.24, 2.45) is 0 Å². The van der Waals surface area contributed by atoms with Crippen LogP contribution >= 0.6 is 0 Å². The summed E-state index contributed by atoms with van der Waals surface area (Å²) in [7, 11) is 0. The van der Waals surface area contributed by atoms with E-state index in [9.17, 15) is 0 Å². The Morgan fingerprint density at radius 3 is 1.03 bits per heavy atom. The van der Waals surface area contributed by atoms with E-state index in [2.05, 4.69) is 229 Å². The van der Waals surface area contributed by atoms with Gasteiger partial charge in [-0.05, 0) is 0 Å². The first kappa shape index (κ1) is 37.1. The van der Waals surface area contributed by atoms with E-state index in [1.807, 2.05) is 0 Å². The summed E-state index contributed by atoms with van der Waals surface area (Å²) in [4.78, 5) is 0. The fourth-order valence-electron chi connectivity index (χ4n) is 11.4. The molecule has 2 atom stereocenters. The van der Waals surface area contributed by atoms with Crippen molar-refractivity contribution in [1.29, 1.82) is 0 Å². The summed E-state index contributed by atoms with van der Waals surface area (Å²) in [5.74, 6) is 0. The van der Waals surface area contributed by atoms with E-state index in [1.54, 1.807) is 0 Å². The van der Waals surface area contributed by atoms with Crippen LogP contribution in [0, 0.1) is 13.8 Å². The summed E-state index contributed by atoms with van der Waals surface area (Å²) in [5.41, 5.74) is 24.1. The third kappa shape index (κ3) is 5.59. The van der Waals surface area contributed by atoms with Gasteiger partial charge in [0.15, 0.2) is 0 Å². The van der Waals surface area contributed by atoms with Crippen LogP contribution in [-0.4, -0.2) is 0 Å². The predicted molar refractivity (Wildman–Crippen MR) is 251 cm³/mol. The molecule has 0 nitrogen and oxygen atoms in total. The molecule has 2 aliphatic carbocycles. The first-order valence-corrected chi connectivity index (χ1v) is 32.8. The Morgan fingerprint density at radius 1 is 0.333 bits per heavy atom. The van der Waals surface area contributed by atoms with E-state index in [0.717, 1.165) is 0 Å². The zero-order chi connectivity index (χ0) is 40.6. The van der Waals surface area contributed by atoms with Crippen molar-refractivity contribution in [2.45, 2.75) is 36.0 Å². The first-order chi connectivity index (χ1) is 29.4. The molecule has 8 aromatic carbocycles. The molecule has 11 rings (SSSR count). The zero-order valence-corrected chi connectivity index (χ0v) is 38.4. The second-order valence-corrected chi connectivity index (χ2v) is 35.0. The van der Waals surface area contributed by atoms with Gasteiger partial charge < -0.3 is 0 Å². The second-order valence-electron chi connectivity index (χ2n) is 17.8. The predicted octanol–water partition coefficient (Wildman–Crippen LogP) is 15.5. The van der Waals surface area contributed by atoms with Crippen LogP contribution in [0.25, 0.3) is 44.5 Å². The molecule has 3 aliphatic rings. The van der Waals surface area contributed by atoms with Crippen molar-refractivity contribution in [1.82, 2.24) is 0 Å². The number of hydrogen-bond donors (Lipinski definition) is 0. The monoisotopic (exact) mass is 936 g/mol. The summed E-state index contributed by atoms with van der Waals surface area (Å²) in [6, 6.07) is 79.2. The van der Waals surface area contributed by atoms with Crippen molar-refractivity contribution in [3.8, 4) is 22.3 Å². The summed E-state index contributed by atoms with van der Waals surface area (Å²) in [6.45, 7) is 4.44. The van der Waals surface area contributed by atoms with Crippen molar-refractivity contribution in [2.75, 3.05) is 0 Å². The van der Waals surface area contributed by atoms with Gasteiger partial charge in [-0.3, -0.25) is 0 Å². The van der Waals surface area contributed by atoms with Crippen LogP contribution in [0.4, 0.5) is 0 Å². The van der Waals surface area contributed by atoms with Crippen molar-refractivity contribution >= 4 is 22.3 Å². The van der Waals surface area contributed by atoms with E-state index in [0.29, 0.717) is 7.35 Å². The summed E-state index contributed by atoms with van der Waals surface area (Å²) in [5, 5.41) is 0. The molecule has 4 bridgehead atoms. The van der Waals surface area contributed by atoms with E-state index in [-0.39, 0.29) is 0 Å². The van der Waals surface area contributed by atoms with Gasteiger partial charge in [-0.2, -0.15) is 0 Å². The molecule has 1 heterocycles. The molecule has 0 saturated carbocycles. The normalized spacial score (nSPS) is 18.1. The quantitative estimate of drug-likeness (QED) is 0.146. The van der Waals surface area contributed by atoms with Gasteiger partial charge >= 0.3 is 362 Å². The third-order valence-electron chi connectivity index (χ3n) is 14.0. The molecular formula is C59H48Hf. The van der Waals surface area contributed by atoms with Gasteiger partial charge in [-0.15, -0.1) is 0 Å². The van der Waals surface area contributed by atoms with Crippen molar-refractivity contribution in [3.63, 3.8) is 0 Å². The second kappa shape index (κ2) is 14.4. The van der Waals surface area contributed by atoms with Crippen LogP contribution in [0.2, 0.25) is 9.36 Å². The Bertz CT molecular complexity index is 2760. The van der Waals surface area contributed by atoms with Crippen LogP contribution in [0.15, 0.2) is 206 Å². The molecule has 0 amide bonds. The molecule has 1 aliphatic heterocycles. The number of aryl methyl sites for hydroxylation is 2. The van der Waals surface area contributed by atoms with E-state index in [1.165, 1.54) is 100 Å². The number of benzene rings is 8. The van der Waals surface area contributed by atoms with E-state index in [4.69, 9.17) is 0 Å². The number of allylic oxidation sites excluding steroid dienone is 4. The minimum atomic E-state index is -3.69. The van der Waals surface area contributed by atoms with E-state index < -0.39 is 25.4 Å². The zero-order valence-electron chi connectivity index (χ0n) is 34.8. The average Bonchev–Trinajstić information content (AvgIpc) is 3.85. The Balaban J connectivity index is 1.32. The van der Waals surface area contributed by atoms with Crippen LogP contribution in [0.5, 0.6) is 0 Å². The average molecular weight is 936 g/mol. The number of hydrogen-bond acceptors (Lipinski definition) is 0. The van der Waals surface area contributed by atoms with Crippen LogP contribution in [0.1, 0.15) is 63.0 Å². The Kier molecular flexibility index (Phi) is 8.91. The van der Waals surface area contributed by atoms with Gasteiger partial charge in [-0.25, -0.2) is 0 Å². The summed E-state index contributed by atoms with van der Waals surface area (Å²) < 4.78 is 6.22. The fourth-order valence-corrected chi connectivity index (χ4v) is 27.8. The SMILES string of the molecule is Cc1ccc(C2(c3ccc(C)cc3)C3=C(c4ccc(-c5ccccc5)cc4)[CH](c4ccccc43)[Hf]([CH3])([CH3])[CH]3C(c4ccc(-c5ccccc5)cc4)=C2c2ccccc23)cc1. The molecule has 0 spiro atoms. The molecule has 60 heavy (non-hydrogen) atoms. The van der Waals surface area contributed by atoms with Crippen molar-refractivity contribution in [3.05, 3.63) is 262 Å². The first-order valence-electron chi connectivity index (χ1n) is 21.5. The minimum absolute atomic E-state index is 0.331. The standard InChI is InChI=1S/C57H42.2CH3.Hf/c1-39-21-33-49(34-22-39)57(50-35-23-40(2)24-36-50,55-51-19-11-9-17-47(51)37-53(55)45-29-25-43(26-30-45)41-13-5-3-6-14-41)56-52-20-12-10-18-48(52)38-54(56)46-31-27-44(28-32-46)42-15-7-4-8-16-42;;;/h3-38H,1-2H3;2*1H3;. The van der Waals surface area contributed by atoms with Gasteiger partial charge in [0.25, 0.3) is 0 Å². The van der Waals surface area contributed by atoms with Crippen LogP contribution in [-0.2, 0) is 25.4 Å². The molecule has 0 saturated heterocycles. The topological polar surface area (TPSA) is 0 Å². The fraction of sp³-hybridized carbons (Fsp3) is 0.119. The van der Waals surface area contributed by atoms with Gasteiger partial charge in [0.05, 0.1) is 0 Å². The number of fused-ring (bicyclic) bond motifs is 8. The number of rotatable bonds is 6. The molecule has 0 fully saturated rings. The molecule has 0 radical (unpaired) electrons. The molecule has 0 N–H and O–H groups in total. The van der Waals surface area contributed by atoms with Gasteiger partial charge in [0.1, 0.15) is 0 Å². The van der Waals surface area contributed by atoms with Crippen molar-refractivity contribution < 1.29 is 20.0 Å². The molecule has 8 aromatic rings. The van der Waals surface area contributed by atoms with Crippen LogP contribution in [0.3, 0.4) is 0 Å². The summed E-state index contributed by atoms with van der Waals surface area (Å²) in [6.07, 6.45) is 0. The molecule has 1 heteroatoms. The molecule has 2 unspecified atom stereocenters. The molecule has 0 aromatic heterocycles. The van der Waals surface area contributed by atoms with Gasteiger partial charge in [-0.1, -0.05) is 0 Å². The molecular weight excluding hydrogens is 887 g/mol.